The molecule has 1 atom stereocenters. The smallest absolute Gasteiger partial charge is 0.270 e. The summed E-state index contributed by atoms with van der Waals surface area (Å²) in [4.78, 5) is 50.4. The molecule has 0 N–H and O–H groups in total. The highest BCUT2D eigenvalue weighted by Gasteiger charge is 2.39. The third kappa shape index (κ3) is 2.99. The first-order chi connectivity index (χ1) is 11.9. The van der Waals surface area contributed by atoms with Gasteiger partial charge in [0.05, 0.1) is 16.1 Å². The van der Waals surface area contributed by atoms with Crippen LogP contribution in [0.1, 0.15) is 53.3 Å². The van der Waals surface area contributed by atoms with E-state index in [4.69, 9.17) is 0 Å². The molecular weight excluding hydrogens is 326 g/mol. The zero-order chi connectivity index (χ0) is 18.1. The molecule has 3 rings (SSSR count). The summed E-state index contributed by atoms with van der Waals surface area (Å²) in [5.74, 6) is -1.48. The Morgan fingerprint density at radius 1 is 1.24 bits per heavy atom. The van der Waals surface area contributed by atoms with Gasteiger partial charge in [-0.05, 0) is 31.7 Å². The summed E-state index contributed by atoms with van der Waals surface area (Å²) in [5.41, 5.74) is -0.165. The summed E-state index contributed by atoms with van der Waals surface area (Å²) in [6.07, 6.45) is 3.74. The summed E-state index contributed by atoms with van der Waals surface area (Å²) in [6.45, 7) is 2.32. The monoisotopic (exact) mass is 345 g/mol. The van der Waals surface area contributed by atoms with Gasteiger partial charge in [0, 0.05) is 24.7 Å². The van der Waals surface area contributed by atoms with E-state index in [1.807, 2.05) is 6.92 Å². The van der Waals surface area contributed by atoms with E-state index in [0.717, 1.165) is 36.6 Å². The molecule has 0 aliphatic carbocycles. The van der Waals surface area contributed by atoms with Gasteiger partial charge in [-0.3, -0.25) is 29.4 Å². The van der Waals surface area contributed by atoms with Crippen LogP contribution >= 0.6 is 0 Å². The van der Waals surface area contributed by atoms with E-state index in [0.29, 0.717) is 6.54 Å². The van der Waals surface area contributed by atoms with Gasteiger partial charge in [-0.2, -0.15) is 0 Å². The van der Waals surface area contributed by atoms with E-state index in [1.165, 1.54) is 12.1 Å². The lowest BCUT2D eigenvalue weighted by molar-refractivity contribution is -0.384. The number of rotatable bonds is 4. The average Bonchev–Trinajstić information content (AvgIpc) is 2.86. The predicted octanol–water partition coefficient (Wildman–Crippen LogP) is 1.98. The number of amides is 3. The fourth-order valence-corrected chi connectivity index (χ4v) is 3.52. The first-order valence-electron chi connectivity index (χ1n) is 8.38. The van der Waals surface area contributed by atoms with Crippen LogP contribution in [0, 0.1) is 10.1 Å². The Morgan fingerprint density at radius 3 is 2.64 bits per heavy atom. The Morgan fingerprint density at radius 2 is 1.96 bits per heavy atom. The molecule has 0 spiro atoms. The van der Waals surface area contributed by atoms with Gasteiger partial charge in [-0.1, -0.05) is 6.92 Å². The maximum absolute atomic E-state index is 12.6. The van der Waals surface area contributed by atoms with Gasteiger partial charge in [0.15, 0.2) is 0 Å². The maximum atomic E-state index is 12.6. The fraction of sp³-hybridized carbons (Fsp3) is 0.471. The molecule has 0 aromatic heterocycles. The van der Waals surface area contributed by atoms with E-state index >= 15 is 0 Å². The topological polar surface area (TPSA) is 101 Å². The second-order valence-corrected chi connectivity index (χ2v) is 6.33. The van der Waals surface area contributed by atoms with Crippen molar-refractivity contribution >= 4 is 23.4 Å². The van der Waals surface area contributed by atoms with Crippen LogP contribution in [-0.2, 0) is 4.79 Å². The van der Waals surface area contributed by atoms with Crippen molar-refractivity contribution in [2.45, 2.75) is 38.6 Å². The van der Waals surface area contributed by atoms with E-state index < -0.39 is 16.7 Å². The number of nitrogens with zero attached hydrogens (tertiary/aromatic N) is 3. The Hall–Kier alpha value is -2.77. The molecule has 3 amide bonds. The number of hydrogen-bond acceptors (Lipinski definition) is 5. The van der Waals surface area contributed by atoms with Crippen LogP contribution in [0.25, 0.3) is 0 Å². The van der Waals surface area contributed by atoms with Gasteiger partial charge < -0.3 is 4.90 Å². The van der Waals surface area contributed by atoms with Crippen molar-refractivity contribution in [3.8, 4) is 0 Å². The van der Waals surface area contributed by atoms with Crippen molar-refractivity contribution < 1.29 is 19.3 Å². The lowest BCUT2D eigenvalue weighted by Gasteiger charge is -2.36. The second-order valence-electron chi connectivity index (χ2n) is 6.33. The van der Waals surface area contributed by atoms with Crippen molar-refractivity contribution in [2.75, 3.05) is 13.1 Å². The molecule has 8 nitrogen and oxygen atoms in total. The first kappa shape index (κ1) is 17.1. The number of hydrogen-bond donors (Lipinski definition) is 0. The molecule has 1 fully saturated rings. The molecule has 2 aliphatic heterocycles. The molecule has 25 heavy (non-hydrogen) atoms. The van der Waals surface area contributed by atoms with Gasteiger partial charge >= 0.3 is 0 Å². The number of benzene rings is 1. The number of imide groups is 1. The molecule has 8 heteroatoms. The number of fused-ring (bicyclic) bond motifs is 1. The molecule has 1 aromatic rings. The number of nitro benzene ring substituents is 1. The normalized spacial score (nSPS) is 20.0. The third-order valence-corrected chi connectivity index (χ3v) is 4.88. The van der Waals surface area contributed by atoms with E-state index in [1.54, 1.807) is 4.90 Å². The molecule has 0 unspecified atom stereocenters. The summed E-state index contributed by atoms with van der Waals surface area (Å²) in [6, 6.07) is 3.69. The highest BCUT2D eigenvalue weighted by molar-refractivity contribution is 6.22. The van der Waals surface area contributed by atoms with E-state index in [-0.39, 0.29) is 35.3 Å². The molecule has 2 aliphatic rings. The highest BCUT2D eigenvalue weighted by atomic mass is 16.6. The molecular formula is C17H19N3O5. The minimum atomic E-state index is -0.651. The lowest BCUT2D eigenvalue weighted by atomic mass is 10.00. The molecule has 0 bridgehead atoms. The van der Waals surface area contributed by atoms with Gasteiger partial charge in [0.2, 0.25) is 5.91 Å². The first-order valence-corrected chi connectivity index (χ1v) is 8.38. The standard InChI is InChI=1S/C17H19N3O5/c1-2-11-5-3-4-8-18(11)15(21)10-19-16(22)13-7-6-12(20(24)25)9-14(13)17(19)23/h6-7,9,11H,2-5,8,10H2,1H3/t11-/m0/s1. The molecule has 1 saturated heterocycles. The van der Waals surface area contributed by atoms with E-state index in [2.05, 4.69) is 0 Å². The third-order valence-electron chi connectivity index (χ3n) is 4.88. The molecule has 132 valence electrons. The van der Waals surface area contributed by atoms with Gasteiger partial charge in [0.1, 0.15) is 6.54 Å². The number of carbonyl (C=O) groups excluding carboxylic acids is 3. The number of piperidine rings is 1. The Balaban J connectivity index is 1.79. The Kier molecular flexibility index (Phi) is 4.52. The van der Waals surface area contributed by atoms with Gasteiger partial charge in [-0.25, -0.2) is 0 Å². The Labute approximate surface area is 144 Å². The van der Waals surface area contributed by atoms with Crippen LogP contribution in [0.15, 0.2) is 18.2 Å². The van der Waals surface area contributed by atoms with Crippen LogP contribution in [-0.4, -0.2) is 51.6 Å². The average molecular weight is 345 g/mol. The summed E-state index contributed by atoms with van der Waals surface area (Å²) < 4.78 is 0. The van der Waals surface area contributed by atoms with Crippen molar-refractivity contribution in [2.24, 2.45) is 0 Å². The van der Waals surface area contributed by atoms with Crippen LogP contribution < -0.4 is 0 Å². The Bertz CT molecular complexity index is 761. The SMILES string of the molecule is CC[C@H]1CCCCN1C(=O)CN1C(=O)c2ccc([N+](=O)[O-])cc2C1=O. The molecule has 2 heterocycles. The van der Waals surface area contributed by atoms with Gasteiger partial charge in [-0.15, -0.1) is 0 Å². The molecule has 1 aromatic carbocycles. The maximum Gasteiger partial charge on any atom is 0.270 e. The fourth-order valence-electron chi connectivity index (χ4n) is 3.52. The van der Waals surface area contributed by atoms with Crippen LogP contribution in [0.2, 0.25) is 0 Å². The lowest BCUT2D eigenvalue weighted by Crippen LogP contribution is -2.48. The minimum absolute atomic E-state index is 0.0160. The summed E-state index contributed by atoms with van der Waals surface area (Å²) >= 11 is 0. The minimum Gasteiger partial charge on any atom is -0.338 e. The molecule has 0 saturated carbocycles. The quantitative estimate of drug-likeness (QED) is 0.472. The van der Waals surface area contributed by atoms with Gasteiger partial charge in [0.25, 0.3) is 17.5 Å². The summed E-state index contributed by atoms with van der Waals surface area (Å²) in [5, 5.41) is 10.9. The van der Waals surface area contributed by atoms with Crippen LogP contribution in [0.3, 0.4) is 0 Å². The largest absolute Gasteiger partial charge is 0.338 e. The number of nitro groups is 1. The van der Waals surface area contributed by atoms with Crippen LogP contribution in [0.5, 0.6) is 0 Å². The van der Waals surface area contributed by atoms with Crippen LogP contribution in [0.4, 0.5) is 5.69 Å². The van der Waals surface area contributed by atoms with Crippen molar-refractivity contribution in [3.05, 3.63) is 39.4 Å². The van der Waals surface area contributed by atoms with Crippen molar-refractivity contribution in [1.82, 2.24) is 9.80 Å². The zero-order valence-electron chi connectivity index (χ0n) is 13.9. The van der Waals surface area contributed by atoms with Crippen molar-refractivity contribution in [1.29, 1.82) is 0 Å². The molecule has 0 radical (unpaired) electrons. The summed E-state index contributed by atoms with van der Waals surface area (Å²) in [7, 11) is 0. The van der Waals surface area contributed by atoms with Crippen molar-refractivity contribution in [3.63, 3.8) is 0 Å². The second kappa shape index (κ2) is 6.62. The number of likely N-dealkylation sites (tertiary alicyclic amines) is 1. The zero-order valence-corrected chi connectivity index (χ0v) is 13.9. The number of carbonyl (C=O) groups is 3. The predicted molar refractivity (Wildman–Crippen MR) is 88.1 cm³/mol. The van der Waals surface area contributed by atoms with E-state index in [9.17, 15) is 24.5 Å². The number of non-ortho nitro benzene ring substituents is 1. The highest BCUT2D eigenvalue weighted by Crippen LogP contribution is 2.27.